The summed E-state index contributed by atoms with van der Waals surface area (Å²) in [5, 5.41) is 12.9. The molecule has 32 heavy (non-hydrogen) atoms. The van der Waals surface area contributed by atoms with E-state index in [1.807, 2.05) is 25.1 Å². The van der Waals surface area contributed by atoms with Gasteiger partial charge in [0.25, 0.3) is 0 Å². The Morgan fingerprint density at radius 3 is 2.38 bits per heavy atom. The summed E-state index contributed by atoms with van der Waals surface area (Å²) < 4.78 is 0. The Morgan fingerprint density at radius 2 is 1.78 bits per heavy atom. The number of aromatic nitrogens is 2. The van der Waals surface area contributed by atoms with Crippen LogP contribution < -0.4 is 5.32 Å². The summed E-state index contributed by atoms with van der Waals surface area (Å²) >= 11 is 1.66. The van der Waals surface area contributed by atoms with Crippen LogP contribution in [0.3, 0.4) is 0 Å². The van der Waals surface area contributed by atoms with Crippen molar-refractivity contribution in [2.75, 3.05) is 0 Å². The molecule has 3 aromatic rings. The summed E-state index contributed by atoms with van der Waals surface area (Å²) in [4.78, 5) is 20.8. The first-order chi connectivity index (χ1) is 15.1. The minimum Gasteiger partial charge on any atom is -0.465 e. The average Bonchev–Trinajstić information content (AvgIpc) is 2.72. The van der Waals surface area contributed by atoms with E-state index in [2.05, 4.69) is 62.3 Å². The van der Waals surface area contributed by atoms with E-state index >= 15 is 0 Å². The predicted molar refractivity (Wildman–Crippen MR) is 131 cm³/mol. The molecule has 0 aliphatic carbocycles. The van der Waals surface area contributed by atoms with Crippen LogP contribution in [-0.4, -0.2) is 21.2 Å². The molecule has 1 aromatic carbocycles. The first-order valence-corrected chi connectivity index (χ1v) is 11.7. The fourth-order valence-electron chi connectivity index (χ4n) is 3.67. The monoisotopic (exact) mass is 449 g/mol. The Kier molecular flexibility index (Phi) is 7.56. The summed E-state index contributed by atoms with van der Waals surface area (Å²) in [6.45, 7) is 10.9. The third kappa shape index (κ3) is 6.33. The quantitative estimate of drug-likeness (QED) is 0.408. The third-order valence-electron chi connectivity index (χ3n) is 5.15. The molecule has 0 aliphatic heterocycles. The van der Waals surface area contributed by atoms with Crippen molar-refractivity contribution in [3.63, 3.8) is 0 Å². The van der Waals surface area contributed by atoms with Gasteiger partial charge < -0.3 is 10.4 Å². The molecular weight excluding hydrogens is 418 g/mol. The Labute approximate surface area is 194 Å². The number of benzene rings is 1. The molecule has 168 valence electrons. The van der Waals surface area contributed by atoms with Crippen molar-refractivity contribution in [2.45, 2.75) is 58.4 Å². The number of nitrogens with one attached hydrogen (secondary N) is 1. The molecule has 0 spiro atoms. The zero-order chi connectivity index (χ0) is 23.3. The Balaban J connectivity index is 2.18. The molecular formula is C26H31N3O2S. The number of rotatable bonds is 7. The van der Waals surface area contributed by atoms with Crippen LogP contribution in [0.5, 0.6) is 0 Å². The largest absolute Gasteiger partial charge is 0.465 e. The normalized spacial score (nSPS) is 11.4. The van der Waals surface area contributed by atoms with Gasteiger partial charge in [-0.25, -0.2) is 9.78 Å². The first kappa shape index (κ1) is 23.8. The van der Waals surface area contributed by atoms with E-state index < -0.39 is 6.09 Å². The molecule has 0 saturated heterocycles. The number of carbonyl (C=O) groups is 1. The van der Waals surface area contributed by atoms with Gasteiger partial charge in [-0.3, -0.25) is 4.98 Å². The van der Waals surface area contributed by atoms with E-state index in [1.54, 1.807) is 18.0 Å². The van der Waals surface area contributed by atoms with Gasteiger partial charge in [-0.2, -0.15) is 0 Å². The van der Waals surface area contributed by atoms with Crippen LogP contribution in [0.2, 0.25) is 0 Å². The number of aryl methyl sites for hydroxylation is 2. The van der Waals surface area contributed by atoms with Gasteiger partial charge in [0, 0.05) is 35.4 Å². The number of hydrogen-bond acceptors (Lipinski definition) is 4. The summed E-state index contributed by atoms with van der Waals surface area (Å²) in [6.07, 6.45) is 1.52. The summed E-state index contributed by atoms with van der Waals surface area (Å²) in [5.41, 5.74) is 7.35. The van der Waals surface area contributed by atoms with Crippen LogP contribution in [-0.2, 0) is 18.7 Å². The Bertz CT molecular complexity index is 1070. The number of pyridine rings is 2. The van der Waals surface area contributed by atoms with Crippen LogP contribution in [0.25, 0.3) is 11.1 Å². The van der Waals surface area contributed by atoms with Crippen molar-refractivity contribution >= 4 is 17.9 Å². The molecule has 0 bridgehead atoms. The number of amides is 1. The van der Waals surface area contributed by atoms with E-state index in [9.17, 15) is 9.90 Å². The van der Waals surface area contributed by atoms with Crippen molar-refractivity contribution in [3.8, 4) is 11.1 Å². The molecule has 0 unspecified atom stereocenters. The van der Waals surface area contributed by atoms with Crippen LogP contribution >= 0.6 is 11.8 Å². The van der Waals surface area contributed by atoms with Crippen molar-refractivity contribution in [1.29, 1.82) is 0 Å². The van der Waals surface area contributed by atoms with Gasteiger partial charge in [0.05, 0.1) is 5.03 Å². The summed E-state index contributed by atoms with van der Waals surface area (Å²) in [7, 11) is 0. The molecule has 2 aromatic heterocycles. The topological polar surface area (TPSA) is 75.1 Å². The van der Waals surface area contributed by atoms with Gasteiger partial charge in [-0.1, -0.05) is 56.7 Å². The molecule has 0 atom stereocenters. The lowest BCUT2D eigenvalue weighted by Gasteiger charge is -2.25. The number of hydrogen-bond donors (Lipinski definition) is 2. The van der Waals surface area contributed by atoms with E-state index in [4.69, 9.17) is 4.98 Å². The van der Waals surface area contributed by atoms with E-state index in [0.717, 1.165) is 45.1 Å². The maximum Gasteiger partial charge on any atom is 0.404 e. The van der Waals surface area contributed by atoms with Crippen LogP contribution in [0.4, 0.5) is 4.79 Å². The van der Waals surface area contributed by atoms with Crippen molar-refractivity contribution < 1.29 is 9.90 Å². The molecule has 1 amide bonds. The average molecular weight is 450 g/mol. The van der Waals surface area contributed by atoms with Gasteiger partial charge >= 0.3 is 6.09 Å². The molecule has 0 fully saturated rings. The maximum atomic E-state index is 11.4. The second-order valence-corrected chi connectivity index (χ2v) is 10.2. The van der Waals surface area contributed by atoms with Gasteiger partial charge in [0.1, 0.15) is 0 Å². The summed E-state index contributed by atoms with van der Waals surface area (Å²) in [6, 6.07) is 14.3. The fourth-order valence-corrected chi connectivity index (χ4v) is 4.63. The van der Waals surface area contributed by atoms with E-state index in [-0.39, 0.29) is 12.0 Å². The molecule has 5 nitrogen and oxygen atoms in total. The molecule has 6 heteroatoms. The fraction of sp³-hybridized carbons (Fsp3) is 0.346. The highest BCUT2D eigenvalue weighted by molar-refractivity contribution is 7.98. The highest BCUT2D eigenvalue weighted by Gasteiger charge is 2.23. The SMILES string of the molecule is Cc1ccc(-c2c(CSc3ccccn3)c(C)nc(CC(C)(C)C)c2CNC(=O)O)cc1. The van der Waals surface area contributed by atoms with Gasteiger partial charge in [-0.05, 0) is 54.5 Å². The minimum absolute atomic E-state index is 0.0200. The minimum atomic E-state index is -1.04. The number of thioether (sulfide) groups is 1. The van der Waals surface area contributed by atoms with E-state index in [1.165, 1.54) is 5.56 Å². The van der Waals surface area contributed by atoms with Gasteiger partial charge in [0.2, 0.25) is 0 Å². The maximum absolute atomic E-state index is 11.4. The second kappa shape index (κ2) is 10.2. The molecule has 2 N–H and O–H groups in total. The van der Waals surface area contributed by atoms with Crippen molar-refractivity contribution in [1.82, 2.24) is 15.3 Å². The van der Waals surface area contributed by atoms with Gasteiger partial charge in [-0.15, -0.1) is 11.8 Å². The lowest BCUT2D eigenvalue weighted by molar-refractivity contribution is 0.194. The highest BCUT2D eigenvalue weighted by atomic mass is 32.2. The predicted octanol–water partition coefficient (Wildman–Crippen LogP) is 6.41. The summed E-state index contributed by atoms with van der Waals surface area (Å²) in [5.74, 6) is 0.703. The molecule has 0 aliphatic rings. The number of nitrogens with zero attached hydrogens (tertiary/aromatic N) is 2. The van der Waals surface area contributed by atoms with Crippen molar-refractivity contribution in [2.24, 2.45) is 5.41 Å². The van der Waals surface area contributed by atoms with Gasteiger partial charge in [0.15, 0.2) is 0 Å². The van der Waals surface area contributed by atoms with E-state index in [0.29, 0.717) is 5.75 Å². The molecule has 2 heterocycles. The zero-order valence-corrected chi connectivity index (χ0v) is 20.2. The third-order valence-corrected chi connectivity index (χ3v) is 6.12. The highest BCUT2D eigenvalue weighted by Crippen LogP contribution is 2.37. The molecule has 0 radical (unpaired) electrons. The lowest BCUT2D eigenvalue weighted by atomic mass is 9.85. The Morgan fingerprint density at radius 1 is 1.06 bits per heavy atom. The van der Waals surface area contributed by atoms with Crippen LogP contribution in [0.15, 0.2) is 53.7 Å². The smallest absolute Gasteiger partial charge is 0.404 e. The second-order valence-electron chi connectivity index (χ2n) is 9.19. The molecule has 3 rings (SSSR count). The number of carboxylic acid groups (broad SMARTS) is 1. The lowest BCUT2D eigenvalue weighted by Crippen LogP contribution is -2.24. The standard InChI is InChI=1S/C26H31N3O2S/c1-17-9-11-19(12-10-17)24-20(15-28-25(30)31)22(14-26(3,4)5)29-18(2)21(24)16-32-23-8-6-7-13-27-23/h6-13,28H,14-16H2,1-5H3,(H,30,31). The molecule has 0 saturated carbocycles. The van der Waals surface area contributed by atoms with Crippen molar-refractivity contribution in [3.05, 3.63) is 76.7 Å². The zero-order valence-electron chi connectivity index (χ0n) is 19.4. The van der Waals surface area contributed by atoms with Crippen LogP contribution in [0.1, 0.15) is 48.8 Å². The first-order valence-electron chi connectivity index (χ1n) is 10.7. The Hall–Kier alpha value is -2.86. The van der Waals surface area contributed by atoms with Crippen LogP contribution in [0, 0.1) is 19.3 Å².